The standard InChI is InChI=1S/C14H18N2O/c1-11-3-5-12(6-4-11)14-8-7-13(17)16(14)10-2-9-15-14/h3-6,15H,2,7-10H2,1H3/t14-/m1/s1. The normalized spacial score (nSPS) is 28.3. The smallest absolute Gasteiger partial charge is 0.224 e. The van der Waals surface area contributed by atoms with E-state index in [0.29, 0.717) is 6.42 Å². The number of carbonyl (C=O) groups excluding carboxylic acids is 1. The third kappa shape index (κ3) is 1.57. The van der Waals surface area contributed by atoms with Crippen LogP contribution in [0.3, 0.4) is 0 Å². The maximum atomic E-state index is 11.9. The van der Waals surface area contributed by atoms with Gasteiger partial charge in [0.2, 0.25) is 5.91 Å². The van der Waals surface area contributed by atoms with Crippen LogP contribution < -0.4 is 5.32 Å². The molecule has 1 amide bonds. The molecule has 2 heterocycles. The molecule has 2 saturated heterocycles. The SMILES string of the molecule is Cc1ccc([C@@]23CCC(=O)N2CCCN3)cc1. The molecule has 3 rings (SSSR count). The van der Waals surface area contributed by atoms with Crippen molar-refractivity contribution in [1.29, 1.82) is 0 Å². The van der Waals surface area contributed by atoms with Crippen molar-refractivity contribution >= 4 is 5.91 Å². The molecule has 2 aliphatic heterocycles. The summed E-state index contributed by atoms with van der Waals surface area (Å²) >= 11 is 0. The Balaban J connectivity index is 2.03. The minimum atomic E-state index is -0.219. The first-order valence-electron chi connectivity index (χ1n) is 6.35. The molecule has 0 bridgehead atoms. The first-order valence-corrected chi connectivity index (χ1v) is 6.35. The van der Waals surface area contributed by atoms with Crippen molar-refractivity contribution < 1.29 is 4.79 Å². The van der Waals surface area contributed by atoms with Crippen LogP contribution in [0.1, 0.15) is 30.4 Å². The van der Waals surface area contributed by atoms with Gasteiger partial charge in [0.25, 0.3) is 0 Å². The Morgan fingerprint density at radius 1 is 1.29 bits per heavy atom. The van der Waals surface area contributed by atoms with Gasteiger partial charge in [-0.3, -0.25) is 10.1 Å². The molecule has 0 saturated carbocycles. The van der Waals surface area contributed by atoms with Crippen molar-refractivity contribution in [1.82, 2.24) is 10.2 Å². The van der Waals surface area contributed by atoms with Gasteiger partial charge in [0.15, 0.2) is 0 Å². The highest BCUT2D eigenvalue weighted by molar-refractivity contribution is 5.80. The van der Waals surface area contributed by atoms with Crippen LogP contribution in [0, 0.1) is 6.92 Å². The maximum absolute atomic E-state index is 11.9. The molecule has 1 aromatic rings. The van der Waals surface area contributed by atoms with Crippen molar-refractivity contribution in [3.8, 4) is 0 Å². The maximum Gasteiger partial charge on any atom is 0.224 e. The number of carbonyl (C=O) groups is 1. The number of benzene rings is 1. The van der Waals surface area contributed by atoms with Crippen LogP contribution >= 0.6 is 0 Å². The summed E-state index contributed by atoms with van der Waals surface area (Å²) in [4.78, 5) is 14.0. The highest BCUT2D eigenvalue weighted by Crippen LogP contribution is 2.39. The first kappa shape index (κ1) is 10.8. The Hall–Kier alpha value is -1.35. The zero-order valence-electron chi connectivity index (χ0n) is 10.2. The van der Waals surface area contributed by atoms with E-state index in [2.05, 4.69) is 36.5 Å². The zero-order valence-corrected chi connectivity index (χ0v) is 10.2. The Morgan fingerprint density at radius 3 is 2.82 bits per heavy atom. The molecule has 2 aliphatic rings. The fraction of sp³-hybridized carbons (Fsp3) is 0.500. The Labute approximate surface area is 102 Å². The minimum absolute atomic E-state index is 0.219. The second-order valence-electron chi connectivity index (χ2n) is 5.05. The van der Waals surface area contributed by atoms with E-state index in [1.54, 1.807) is 0 Å². The summed E-state index contributed by atoms with van der Waals surface area (Å²) in [7, 11) is 0. The molecule has 0 aromatic heterocycles. The Kier molecular flexibility index (Phi) is 2.44. The number of aryl methyl sites for hydroxylation is 1. The molecule has 0 unspecified atom stereocenters. The van der Waals surface area contributed by atoms with Gasteiger partial charge in [0, 0.05) is 13.0 Å². The number of nitrogens with one attached hydrogen (secondary N) is 1. The van der Waals surface area contributed by atoms with Gasteiger partial charge in [-0.2, -0.15) is 0 Å². The van der Waals surface area contributed by atoms with Crippen molar-refractivity contribution in [2.45, 2.75) is 31.8 Å². The molecular weight excluding hydrogens is 212 g/mol. The lowest BCUT2D eigenvalue weighted by atomic mass is 9.93. The lowest BCUT2D eigenvalue weighted by molar-refractivity contribution is -0.133. The van der Waals surface area contributed by atoms with Crippen molar-refractivity contribution in [3.63, 3.8) is 0 Å². The molecule has 1 N–H and O–H groups in total. The lowest BCUT2D eigenvalue weighted by Crippen LogP contribution is -2.58. The van der Waals surface area contributed by atoms with Crippen molar-refractivity contribution in [3.05, 3.63) is 35.4 Å². The third-order valence-electron chi connectivity index (χ3n) is 3.97. The third-order valence-corrected chi connectivity index (χ3v) is 3.97. The van der Waals surface area contributed by atoms with Crippen LogP contribution in [0.25, 0.3) is 0 Å². The van der Waals surface area contributed by atoms with Crippen LogP contribution in [0.2, 0.25) is 0 Å². The van der Waals surface area contributed by atoms with Gasteiger partial charge >= 0.3 is 0 Å². The topological polar surface area (TPSA) is 32.3 Å². The zero-order chi connectivity index (χ0) is 11.9. The van der Waals surface area contributed by atoms with E-state index >= 15 is 0 Å². The van der Waals surface area contributed by atoms with Crippen LogP contribution in [0.5, 0.6) is 0 Å². The fourth-order valence-corrected chi connectivity index (χ4v) is 3.03. The summed E-state index contributed by atoms with van der Waals surface area (Å²) < 4.78 is 0. The van der Waals surface area contributed by atoms with E-state index in [1.807, 2.05) is 4.90 Å². The summed E-state index contributed by atoms with van der Waals surface area (Å²) in [6, 6.07) is 8.56. The van der Waals surface area contributed by atoms with E-state index in [4.69, 9.17) is 0 Å². The largest absolute Gasteiger partial charge is 0.320 e. The van der Waals surface area contributed by atoms with Gasteiger partial charge in [0.05, 0.1) is 0 Å². The predicted octanol–water partition coefficient (Wildman–Crippen LogP) is 1.76. The molecule has 1 aromatic carbocycles. The Bertz CT molecular complexity index is 440. The first-order chi connectivity index (χ1) is 8.22. The van der Waals surface area contributed by atoms with Crippen LogP contribution in [0.15, 0.2) is 24.3 Å². The number of nitrogens with zero attached hydrogens (tertiary/aromatic N) is 1. The highest BCUT2D eigenvalue weighted by Gasteiger charge is 2.47. The van der Waals surface area contributed by atoms with Gasteiger partial charge in [-0.05, 0) is 31.9 Å². The number of hydrogen-bond donors (Lipinski definition) is 1. The van der Waals surface area contributed by atoms with Crippen LogP contribution in [-0.4, -0.2) is 23.9 Å². The summed E-state index contributed by atoms with van der Waals surface area (Å²) in [6.45, 7) is 3.98. The monoisotopic (exact) mass is 230 g/mol. The lowest BCUT2D eigenvalue weighted by Gasteiger charge is -2.43. The van der Waals surface area contributed by atoms with Crippen molar-refractivity contribution in [2.24, 2.45) is 0 Å². The molecule has 3 heteroatoms. The second-order valence-corrected chi connectivity index (χ2v) is 5.05. The van der Waals surface area contributed by atoms with E-state index in [9.17, 15) is 4.79 Å². The Morgan fingerprint density at radius 2 is 2.06 bits per heavy atom. The molecule has 2 fully saturated rings. The van der Waals surface area contributed by atoms with Gasteiger partial charge in [0.1, 0.15) is 5.66 Å². The summed E-state index contributed by atoms with van der Waals surface area (Å²) in [5, 5.41) is 3.57. The van der Waals surface area contributed by atoms with Gasteiger partial charge < -0.3 is 4.90 Å². The average molecular weight is 230 g/mol. The predicted molar refractivity (Wildman–Crippen MR) is 66.4 cm³/mol. The van der Waals surface area contributed by atoms with Crippen LogP contribution in [-0.2, 0) is 10.5 Å². The molecular formula is C14H18N2O. The number of rotatable bonds is 1. The molecule has 17 heavy (non-hydrogen) atoms. The quantitative estimate of drug-likeness (QED) is 0.797. The summed E-state index contributed by atoms with van der Waals surface area (Å²) in [6.07, 6.45) is 2.62. The molecule has 1 atom stereocenters. The second kappa shape index (κ2) is 3.84. The average Bonchev–Trinajstić information content (AvgIpc) is 2.70. The molecule has 0 spiro atoms. The molecule has 0 radical (unpaired) electrons. The number of fused-ring (bicyclic) bond motifs is 1. The van der Waals surface area contributed by atoms with Crippen molar-refractivity contribution in [2.75, 3.05) is 13.1 Å². The van der Waals surface area contributed by atoms with E-state index in [1.165, 1.54) is 11.1 Å². The summed E-state index contributed by atoms with van der Waals surface area (Å²) in [5.41, 5.74) is 2.27. The van der Waals surface area contributed by atoms with Gasteiger partial charge in [-0.25, -0.2) is 0 Å². The van der Waals surface area contributed by atoms with Crippen LogP contribution in [0.4, 0.5) is 0 Å². The van der Waals surface area contributed by atoms with E-state index in [0.717, 1.165) is 25.9 Å². The van der Waals surface area contributed by atoms with E-state index < -0.39 is 0 Å². The molecule has 90 valence electrons. The molecule has 0 aliphatic carbocycles. The van der Waals surface area contributed by atoms with Gasteiger partial charge in [-0.15, -0.1) is 0 Å². The van der Waals surface area contributed by atoms with Gasteiger partial charge in [-0.1, -0.05) is 29.8 Å². The highest BCUT2D eigenvalue weighted by atomic mass is 16.2. The van der Waals surface area contributed by atoms with E-state index in [-0.39, 0.29) is 11.6 Å². The molecule has 3 nitrogen and oxygen atoms in total. The number of amides is 1. The summed E-state index contributed by atoms with van der Waals surface area (Å²) in [5.74, 6) is 0.290. The fourth-order valence-electron chi connectivity index (χ4n) is 3.03. The number of hydrogen-bond acceptors (Lipinski definition) is 2. The minimum Gasteiger partial charge on any atom is -0.320 e.